The third-order valence-corrected chi connectivity index (χ3v) is 1.57. The summed E-state index contributed by atoms with van der Waals surface area (Å²) in [5, 5.41) is 43.1. The van der Waals surface area contributed by atoms with Gasteiger partial charge in [0.25, 0.3) is 0 Å². The fraction of sp³-hybridized carbons (Fsp3) is 0.556. The molecule has 0 aromatic heterocycles. The summed E-state index contributed by atoms with van der Waals surface area (Å²) in [7, 11) is 0. The maximum atomic E-state index is 10.3. The molecule has 0 aliphatic rings. The molecular weight excluding hydrogens is 275 g/mol. The van der Waals surface area contributed by atoms with Gasteiger partial charge in [-0.2, -0.15) is 0 Å². The van der Waals surface area contributed by atoms with Crippen molar-refractivity contribution in [1.82, 2.24) is 0 Å². The van der Waals surface area contributed by atoms with Crippen LogP contribution in [0, 0.1) is 0 Å². The molecule has 0 bridgehead atoms. The van der Waals surface area contributed by atoms with Crippen LogP contribution in [0.25, 0.3) is 0 Å². The first-order valence-corrected chi connectivity index (χ1v) is 4.64. The van der Waals surface area contributed by atoms with Gasteiger partial charge in [-0.3, -0.25) is 9.59 Å². The Morgan fingerprint density at radius 3 is 1.37 bits per heavy atom. The van der Waals surface area contributed by atoms with E-state index in [9.17, 15) is 24.3 Å². The van der Waals surface area contributed by atoms with E-state index in [4.69, 9.17) is 20.4 Å². The molecule has 0 saturated heterocycles. The van der Waals surface area contributed by atoms with Crippen molar-refractivity contribution in [3.05, 3.63) is 0 Å². The first-order chi connectivity index (χ1) is 8.05. The van der Waals surface area contributed by atoms with E-state index < -0.39 is 42.3 Å². The number of aliphatic carboxylic acids is 4. The summed E-state index contributed by atoms with van der Waals surface area (Å²) in [5.41, 5.74) is -2.74. The molecule has 0 aliphatic heterocycles. The minimum atomic E-state index is -2.74. The van der Waals surface area contributed by atoms with Gasteiger partial charge >= 0.3 is 47.5 Å². The van der Waals surface area contributed by atoms with Gasteiger partial charge in [-0.1, -0.05) is 6.92 Å². The molecular formula is C9H13NaO9. The van der Waals surface area contributed by atoms with E-state index in [1.54, 1.807) is 0 Å². The summed E-state index contributed by atoms with van der Waals surface area (Å²) >= 11 is 0. The number of hydrogen-bond acceptors (Lipinski definition) is 6. The molecule has 0 rings (SSSR count). The fourth-order valence-electron chi connectivity index (χ4n) is 0.714. The van der Waals surface area contributed by atoms with Crippen LogP contribution < -0.4 is 34.7 Å². The van der Waals surface area contributed by atoms with Gasteiger partial charge in [0, 0.05) is 5.97 Å². The first kappa shape index (κ1) is 23.0. The molecule has 10 heteroatoms. The Hall–Kier alpha value is -1.16. The van der Waals surface area contributed by atoms with Gasteiger partial charge in [-0.15, -0.1) is 0 Å². The molecule has 0 aliphatic carbocycles. The second-order valence-electron chi connectivity index (χ2n) is 3.20. The Bertz CT molecular complexity index is 323. The van der Waals surface area contributed by atoms with E-state index in [1.165, 1.54) is 6.92 Å². The molecule has 9 nitrogen and oxygen atoms in total. The van der Waals surface area contributed by atoms with Gasteiger partial charge in [0.2, 0.25) is 0 Å². The van der Waals surface area contributed by atoms with Crippen LogP contribution in [0.4, 0.5) is 0 Å². The van der Waals surface area contributed by atoms with E-state index in [1.807, 2.05) is 0 Å². The summed E-state index contributed by atoms with van der Waals surface area (Å²) in [6.45, 7) is 1.54. The van der Waals surface area contributed by atoms with Gasteiger partial charge in [0.05, 0.1) is 12.8 Å². The van der Waals surface area contributed by atoms with Crippen LogP contribution in [0.3, 0.4) is 0 Å². The molecule has 0 aromatic rings. The van der Waals surface area contributed by atoms with Crippen molar-refractivity contribution < 1.29 is 74.3 Å². The molecule has 0 saturated carbocycles. The van der Waals surface area contributed by atoms with Crippen molar-refractivity contribution >= 4 is 23.9 Å². The number of aliphatic hydroxyl groups is 1. The summed E-state index contributed by atoms with van der Waals surface area (Å²) in [6, 6.07) is 0. The number of carboxylic acids is 4. The van der Waals surface area contributed by atoms with Crippen LogP contribution in [0.2, 0.25) is 0 Å². The third-order valence-electron chi connectivity index (χ3n) is 1.57. The van der Waals surface area contributed by atoms with Crippen LogP contribution in [-0.4, -0.2) is 49.9 Å². The molecule has 0 atom stereocenters. The molecule has 0 amide bonds. The van der Waals surface area contributed by atoms with E-state index >= 15 is 0 Å². The van der Waals surface area contributed by atoms with E-state index in [0.29, 0.717) is 0 Å². The molecule has 0 aromatic carbocycles. The zero-order valence-electron chi connectivity index (χ0n) is 10.5. The summed E-state index contributed by atoms with van der Waals surface area (Å²) < 4.78 is 0. The number of rotatable bonds is 6. The average molecular weight is 288 g/mol. The van der Waals surface area contributed by atoms with Crippen molar-refractivity contribution in [2.24, 2.45) is 0 Å². The minimum Gasteiger partial charge on any atom is -0.550 e. The molecule has 0 heterocycles. The second kappa shape index (κ2) is 10.7. The van der Waals surface area contributed by atoms with Gasteiger partial charge in [-0.05, 0) is 6.42 Å². The van der Waals surface area contributed by atoms with Gasteiger partial charge < -0.3 is 30.3 Å². The van der Waals surface area contributed by atoms with E-state index in [0.717, 1.165) is 0 Å². The molecule has 0 unspecified atom stereocenters. The first-order valence-electron chi connectivity index (χ1n) is 4.64. The standard InChI is InChI=1S/C6H8O7.C3H6O2.Na/c7-3(8)1-6(13,5(11)12)2-4(9)10;1-2-3(4)5;/h13H,1-2H2,(H,7,8)(H,9,10)(H,11,12);2H2,1H3,(H,4,5);/q;;+1/p-1. The Labute approximate surface area is 130 Å². The van der Waals surface area contributed by atoms with Gasteiger partial charge in [0.1, 0.15) is 0 Å². The SMILES string of the molecule is CCC(=O)[O-].O=C(O)CC(O)(CC(=O)O)C(=O)O.[Na+]. The maximum absolute atomic E-state index is 10.3. The Balaban J connectivity index is -0.000000366. The number of carbonyl (C=O) groups excluding carboxylic acids is 1. The summed E-state index contributed by atoms with van der Waals surface area (Å²) in [4.78, 5) is 39.7. The predicted octanol–water partition coefficient (Wildman–Crippen LogP) is -5.10. The third kappa shape index (κ3) is 13.1. The van der Waals surface area contributed by atoms with Crippen LogP contribution in [0.5, 0.6) is 0 Å². The molecule has 19 heavy (non-hydrogen) atoms. The molecule has 104 valence electrons. The van der Waals surface area contributed by atoms with Crippen molar-refractivity contribution in [3.63, 3.8) is 0 Å². The minimum absolute atomic E-state index is 0. The quantitative estimate of drug-likeness (QED) is 0.349. The molecule has 4 N–H and O–H groups in total. The van der Waals surface area contributed by atoms with Gasteiger partial charge in [-0.25, -0.2) is 4.79 Å². The Morgan fingerprint density at radius 2 is 1.26 bits per heavy atom. The maximum Gasteiger partial charge on any atom is 1.00 e. The summed E-state index contributed by atoms with van der Waals surface area (Å²) in [6.07, 6.45) is -2.18. The van der Waals surface area contributed by atoms with Crippen LogP contribution in [-0.2, 0) is 19.2 Å². The Kier molecular flexibility index (Phi) is 13.0. The molecule has 0 fully saturated rings. The fourth-order valence-corrected chi connectivity index (χ4v) is 0.714. The second-order valence-corrected chi connectivity index (χ2v) is 3.20. The van der Waals surface area contributed by atoms with E-state index in [2.05, 4.69) is 0 Å². The number of carbonyl (C=O) groups is 4. The van der Waals surface area contributed by atoms with Crippen molar-refractivity contribution in [1.29, 1.82) is 0 Å². The zero-order chi connectivity index (χ0) is 14.9. The average Bonchev–Trinajstić information content (AvgIpc) is 2.15. The summed E-state index contributed by atoms with van der Waals surface area (Å²) in [5.74, 6) is -6.01. The van der Waals surface area contributed by atoms with Crippen LogP contribution in [0.1, 0.15) is 26.2 Å². The van der Waals surface area contributed by atoms with Crippen molar-refractivity contribution in [2.75, 3.05) is 0 Å². The largest absolute Gasteiger partial charge is 1.00 e. The van der Waals surface area contributed by atoms with Crippen molar-refractivity contribution in [2.45, 2.75) is 31.8 Å². The predicted molar refractivity (Wildman–Crippen MR) is 52.4 cm³/mol. The number of hydrogen-bond donors (Lipinski definition) is 4. The van der Waals surface area contributed by atoms with Crippen molar-refractivity contribution in [3.8, 4) is 0 Å². The molecule has 0 spiro atoms. The smallest absolute Gasteiger partial charge is 0.550 e. The monoisotopic (exact) mass is 288 g/mol. The Morgan fingerprint density at radius 1 is 1.00 bits per heavy atom. The van der Waals surface area contributed by atoms with Crippen LogP contribution in [0.15, 0.2) is 0 Å². The zero-order valence-corrected chi connectivity index (χ0v) is 12.5. The molecule has 0 radical (unpaired) electrons. The topological polar surface area (TPSA) is 172 Å². The van der Waals surface area contributed by atoms with E-state index in [-0.39, 0.29) is 36.0 Å². The van der Waals surface area contributed by atoms with Gasteiger partial charge in [0.15, 0.2) is 5.60 Å². The number of carboxylic acid groups (broad SMARTS) is 4. The normalized spacial score (nSPS) is 9.37. The van der Waals surface area contributed by atoms with Crippen LogP contribution >= 0.6 is 0 Å².